The maximum Gasteiger partial charge on any atom is 0.212 e. The van der Waals surface area contributed by atoms with Crippen LogP contribution in [0.2, 0.25) is 0 Å². The molecule has 0 unspecified atom stereocenters. The van der Waals surface area contributed by atoms with Gasteiger partial charge in [-0.05, 0) is 19.6 Å². The fourth-order valence-corrected chi connectivity index (χ4v) is 1.84. The van der Waals surface area contributed by atoms with E-state index in [1.165, 1.54) is 16.8 Å². The van der Waals surface area contributed by atoms with Crippen molar-refractivity contribution >= 4 is 5.71 Å². The average Bonchev–Trinajstić information content (AvgIpc) is 2.58. The van der Waals surface area contributed by atoms with Gasteiger partial charge in [-0.2, -0.15) is 4.58 Å². The standard InChI is InChI=1S/C13H14N/c1-3-7-13-12-9-6-5-8-11(12)10-14(13)4-2/h3-9H,2,10H2,1H3/q+1. The molecule has 1 aromatic rings. The van der Waals surface area contributed by atoms with Crippen molar-refractivity contribution in [2.75, 3.05) is 0 Å². The minimum atomic E-state index is 0.944. The van der Waals surface area contributed by atoms with Gasteiger partial charge < -0.3 is 0 Å². The molecule has 0 saturated heterocycles. The molecule has 2 rings (SSSR count). The molecule has 0 amide bonds. The van der Waals surface area contributed by atoms with E-state index in [0.29, 0.717) is 0 Å². The molecule has 70 valence electrons. The van der Waals surface area contributed by atoms with Gasteiger partial charge >= 0.3 is 0 Å². The van der Waals surface area contributed by atoms with Crippen LogP contribution in [-0.4, -0.2) is 10.3 Å². The predicted octanol–water partition coefficient (Wildman–Crippen LogP) is 2.72. The fourth-order valence-electron chi connectivity index (χ4n) is 1.84. The maximum atomic E-state index is 3.83. The van der Waals surface area contributed by atoms with Gasteiger partial charge in [0, 0.05) is 11.6 Å². The van der Waals surface area contributed by atoms with Gasteiger partial charge in [-0.15, -0.1) is 0 Å². The summed E-state index contributed by atoms with van der Waals surface area (Å²) >= 11 is 0. The third-order valence-electron chi connectivity index (χ3n) is 2.49. The lowest BCUT2D eigenvalue weighted by atomic mass is 10.1. The molecule has 1 aliphatic rings. The Morgan fingerprint density at radius 3 is 2.86 bits per heavy atom. The van der Waals surface area contributed by atoms with Crippen molar-refractivity contribution in [2.45, 2.75) is 13.5 Å². The molecule has 14 heavy (non-hydrogen) atoms. The average molecular weight is 184 g/mol. The summed E-state index contributed by atoms with van der Waals surface area (Å²) in [4.78, 5) is 0. The van der Waals surface area contributed by atoms with E-state index >= 15 is 0 Å². The van der Waals surface area contributed by atoms with Crippen molar-refractivity contribution in [1.29, 1.82) is 0 Å². The summed E-state index contributed by atoms with van der Waals surface area (Å²) in [5, 5.41) is 0. The first-order valence-electron chi connectivity index (χ1n) is 4.84. The molecular formula is C13H14N+. The zero-order valence-electron chi connectivity index (χ0n) is 8.40. The second-order valence-corrected chi connectivity index (χ2v) is 3.35. The highest BCUT2D eigenvalue weighted by atomic mass is 15.0. The minimum Gasteiger partial charge on any atom is -0.194 e. The molecule has 0 atom stereocenters. The van der Waals surface area contributed by atoms with Gasteiger partial charge in [-0.25, -0.2) is 0 Å². The Bertz CT molecular complexity index is 425. The van der Waals surface area contributed by atoms with Crippen LogP contribution in [0.25, 0.3) is 0 Å². The maximum absolute atomic E-state index is 3.83. The second-order valence-electron chi connectivity index (χ2n) is 3.35. The molecule has 0 aromatic heterocycles. The van der Waals surface area contributed by atoms with Crippen LogP contribution in [0, 0.1) is 0 Å². The van der Waals surface area contributed by atoms with Crippen LogP contribution in [0.3, 0.4) is 0 Å². The lowest BCUT2D eigenvalue weighted by molar-refractivity contribution is -0.467. The fraction of sp³-hybridized carbons (Fsp3) is 0.154. The molecule has 1 aromatic carbocycles. The van der Waals surface area contributed by atoms with E-state index in [-0.39, 0.29) is 0 Å². The Balaban J connectivity index is 2.56. The summed E-state index contributed by atoms with van der Waals surface area (Å²) in [6, 6.07) is 8.49. The number of hydrogen-bond acceptors (Lipinski definition) is 0. The number of hydrogen-bond donors (Lipinski definition) is 0. The first-order valence-corrected chi connectivity index (χ1v) is 4.84. The third kappa shape index (κ3) is 1.31. The molecule has 1 heteroatoms. The van der Waals surface area contributed by atoms with E-state index in [1.807, 2.05) is 13.1 Å². The third-order valence-corrected chi connectivity index (χ3v) is 2.49. The molecule has 0 radical (unpaired) electrons. The summed E-state index contributed by atoms with van der Waals surface area (Å²) in [5.41, 5.74) is 3.95. The van der Waals surface area contributed by atoms with Crippen LogP contribution in [0.5, 0.6) is 0 Å². The van der Waals surface area contributed by atoms with E-state index in [2.05, 4.69) is 47.6 Å². The van der Waals surface area contributed by atoms with Gasteiger partial charge in [0.2, 0.25) is 5.71 Å². The van der Waals surface area contributed by atoms with Crippen LogP contribution in [0.15, 0.2) is 49.2 Å². The number of rotatable bonds is 2. The van der Waals surface area contributed by atoms with Crippen molar-refractivity contribution in [2.24, 2.45) is 0 Å². The normalized spacial score (nSPS) is 14.9. The van der Waals surface area contributed by atoms with Gasteiger partial charge in [0.05, 0.1) is 5.56 Å². The van der Waals surface area contributed by atoms with Crippen molar-refractivity contribution in [3.05, 3.63) is 60.3 Å². The summed E-state index contributed by atoms with van der Waals surface area (Å²) in [6.45, 7) is 6.81. The zero-order valence-corrected chi connectivity index (χ0v) is 8.40. The number of allylic oxidation sites excluding steroid dienone is 2. The van der Waals surface area contributed by atoms with Crippen molar-refractivity contribution in [3.63, 3.8) is 0 Å². The second kappa shape index (κ2) is 3.62. The van der Waals surface area contributed by atoms with E-state index in [1.54, 1.807) is 0 Å². The Hall–Kier alpha value is -1.63. The monoisotopic (exact) mass is 184 g/mol. The molecule has 1 nitrogen and oxygen atoms in total. The number of benzene rings is 1. The van der Waals surface area contributed by atoms with E-state index in [4.69, 9.17) is 0 Å². The Morgan fingerprint density at radius 2 is 2.14 bits per heavy atom. The van der Waals surface area contributed by atoms with E-state index < -0.39 is 0 Å². The summed E-state index contributed by atoms with van der Waals surface area (Å²) in [5.74, 6) is 0. The lowest BCUT2D eigenvalue weighted by Crippen LogP contribution is -2.05. The highest BCUT2D eigenvalue weighted by Gasteiger charge is 2.24. The largest absolute Gasteiger partial charge is 0.212 e. The zero-order chi connectivity index (χ0) is 9.97. The predicted molar refractivity (Wildman–Crippen MR) is 59.5 cm³/mol. The van der Waals surface area contributed by atoms with Crippen molar-refractivity contribution < 1.29 is 4.58 Å². The molecule has 0 aliphatic carbocycles. The molecule has 0 bridgehead atoms. The molecular weight excluding hydrogens is 170 g/mol. The number of nitrogens with zero attached hydrogens (tertiary/aromatic N) is 1. The van der Waals surface area contributed by atoms with Crippen molar-refractivity contribution in [1.82, 2.24) is 0 Å². The highest BCUT2D eigenvalue weighted by Crippen LogP contribution is 2.18. The summed E-state index contributed by atoms with van der Waals surface area (Å²) < 4.78 is 2.17. The van der Waals surface area contributed by atoms with Crippen molar-refractivity contribution in [3.8, 4) is 0 Å². The first-order chi connectivity index (χ1) is 6.86. The molecule has 0 saturated carbocycles. The first kappa shape index (κ1) is 8.95. The smallest absolute Gasteiger partial charge is 0.194 e. The Morgan fingerprint density at radius 1 is 1.36 bits per heavy atom. The van der Waals surface area contributed by atoms with Gasteiger partial charge in [0.25, 0.3) is 0 Å². The van der Waals surface area contributed by atoms with Gasteiger partial charge in [0.1, 0.15) is 0 Å². The van der Waals surface area contributed by atoms with Crippen LogP contribution >= 0.6 is 0 Å². The van der Waals surface area contributed by atoms with Gasteiger partial charge in [-0.3, -0.25) is 0 Å². The minimum absolute atomic E-state index is 0.944. The highest BCUT2D eigenvalue weighted by molar-refractivity contribution is 6.07. The molecule has 1 heterocycles. The molecule has 0 N–H and O–H groups in total. The summed E-state index contributed by atoms with van der Waals surface area (Å²) in [7, 11) is 0. The van der Waals surface area contributed by atoms with E-state index in [9.17, 15) is 0 Å². The van der Waals surface area contributed by atoms with Gasteiger partial charge in [0.15, 0.2) is 12.7 Å². The van der Waals surface area contributed by atoms with Crippen LogP contribution < -0.4 is 0 Å². The molecule has 0 fully saturated rings. The van der Waals surface area contributed by atoms with Crippen LogP contribution in [0.1, 0.15) is 18.1 Å². The van der Waals surface area contributed by atoms with E-state index in [0.717, 1.165) is 6.54 Å². The lowest BCUT2D eigenvalue weighted by Gasteiger charge is -1.91. The van der Waals surface area contributed by atoms with Gasteiger partial charge in [-0.1, -0.05) is 24.3 Å². The SMILES string of the molecule is C=C[N+]1=C(C=CC)c2ccccc2C1. The summed E-state index contributed by atoms with van der Waals surface area (Å²) in [6.07, 6.45) is 6.08. The Kier molecular flexibility index (Phi) is 2.32. The molecule has 0 spiro atoms. The van der Waals surface area contributed by atoms with Crippen LogP contribution in [-0.2, 0) is 6.54 Å². The molecule has 1 aliphatic heterocycles. The quantitative estimate of drug-likeness (QED) is 0.622. The van der Waals surface area contributed by atoms with Crippen LogP contribution in [0.4, 0.5) is 0 Å². The Labute approximate surface area is 84.7 Å². The number of fused-ring (bicyclic) bond motifs is 1. The topological polar surface area (TPSA) is 3.01 Å².